The summed E-state index contributed by atoms with van der Waals surface area (Å²) in [5.74, 6) is 0.132. The van der Waals surface area contributed by atoms with Crippen molar-refractivity contribution in [1.82, 2.24) is 5.32 Å². The van der Waals surface area contributed by atoms with Gasteiger partial charge in [-0.1, -0.05) is 18.2 Å². The first-order chi connectivity index (χ1) is 13.4. The van der Waals surface area contributed by atoms with Crippen LogP contribution in [-0.4, -0.2) is 38.7 Å². The van der Waals surface area contributed by atoms with E-state index in [1.165, 1.54) is 0 Å². The maximum Gasteiger partial charge on any atom is 0.262 e. The quantitative estimate of drug-likeness (QED) is 0.650. The van der Waals surface area contributed by atoms with Crippen LogP contribution in [0.15, 0.2) is 36.4 Å². The van der Waals surface area contributed by atoms with Crippen molar-refractivity contribution in [2.75, 3.05) is 32.2 Å². The van der Waals surface area contributed by atoms with Crippen molar-refractivity contribution in [3.8, 4) is 5.75 Å². The van der Waals surface area contributed by atoms with E-state index in [0.717, 1.165) is 23.1 Å². The van der Waals surface area contributed by atoms with Gasteiger partial charge in [0, 0.05) is 20.3 Å². The van der Waals surface area contributed by atoms with Gasteiger partial charge in [0.2, 0.25) is 0 Å². The third-order valence-corrected chi connectivity index (χ3v) is 4.38. The van der Waals surface area contributed by atoms with E-state index in [1.54, 1.807) is 31.4 Å². The number of amides is 2. The van der Waals surface area contributed by atoms with E-state index in [2.05, 4.69) is 16.7 Å². The lowest BCUT2D eigenvalue weighted by molar-refractivity contribution is -0.118. The van der Waals surface area contributed by atoms with Crippen LogP contribution in [0.2, 0.25) is 0 Å². The van der Waals surface area contributed by atoms with Crippen molar-refractivity contribution < 1.29 is 19.1 Å². The number of methoxy groups -OCH3 is 1. The molecule has 28 heavy (non-hydrogen) atoms. The zero-order valence-corrected chi connectivity index (χ0v) is 16.9. The molecule has 0 radical (unpaired) electrons. The van der Waals surface area contributed by atoms with E-state index in [0.29, 0.717) is 30.2 Å². The molecule has 0 aliphatic rings. The van der Waals surface area contributed by atoms with Crippen molar-refractivity contribution in [2.24, 2.45) is 0 Å². The minimum absolute atomic E-state index is 0.131. The topological polar surface area (TPSA) is 76.7 Å². The fraction of sp³-hybridized carbons (Fsp3) is 0.364. The molecule has 0 aromatic heterocycles. The summed E-state index contributed by atoms with van der Waals surface area (Å²) >= 11 is 0. The second-order valence-corrected chi connectivity index (χ2v) is 6.69. The molecule has 150 valence electrons. The number of aryl methyl sites for hydroxylation is 2. The van der Waals surface area contributed by atoms with Gasteiger partial charge >= 0.3 is 0 Å². The molecule has 0 saturated carbocycles. The highest BCUT2D eigenvalue weighted by Crippen LogP contribution is 2.23. The first-order valence-electron chi connectivity index (χ1n) is 9.29. The summed E-state index contributed by atoms with van der Waals surface area (Å²) in [4.78, 5) is 24.7. The Balaban J connectivity index is 1.98. The first kappa shape index (κ1) is 21.4. The van der Waals surface area contributed by atoms with E-state index in [4.69, 9.17) is 9.47 Å². The van der Waals surface area contributed by atoms with Gasteiger partial charge in [0.05, 0.1) is 11.3 Å². The minimum Gasteiger partial charge on any atom is -0.483 e. The first-order valence-corrected chi connectivity index (χ1v) is 9.29. The zero-order valence-electron chi connectivity index (χ0n) is 16.9. The Labute approximate surface area is 166 Å². The van der Waals surface area contributed by atoms with Gasteiger partial charge in [-0.25, -0.2) is 0 Å². The third-order valence-electron chi connectivity index (χ3n) is 4.38. The molecule has 0 atom stereocenters. The number of rotatable bonds is 9. The van der Waals surface area contributed by atoms with Crippen LogP contribution in [0, 0.1) is 20.8 Å². The van der Waals surface area contributed by atoms with Crippen LogP contribution >= 0.6 is 0 Å². The fourth-order valence-corrected chi connectivity index (χ4v) is 2.78. The number of nitrogens with one attached hydrogen (secondary N) is 2. The highest BCUT2D eigenvalue weighted by molar-refractivity contribution is 6.04. The van der Waals surface area contributed by atoms with Crippen LogP contribution in [0.5, 0.6) is 5.75 Å². The van der Waals surface area contributed by atoms with E-state index in [-0.39, 0.29) is 18.4 Å². The maximum absolute atomic E-state index is 12.4. The Morgan fingerprint density at radius 1 is 1.07 bits per heavy atom. The predicted molar refractivity (Wildman–Crippen MR) is 110 cm³/mol. The lowest BCUT2D eigenvalue weighted by atomic mass is 10.1. The highest BCUT2D eigenvalue weighted by Gasteiger charge is 2.14. The lowest BCUT2D eigenvalue weighted by Gasteiger charge is -2.14. The summed E-state index contributed by atoms with van der Waals surface area (Å²) in [6.45, 7) is 6.91. The largest absolute Gasteiger partial charge is 0.483 e. The lowest BCUT2D eigenvalue weighted by Crippen LogP contribution is -2.27. The van der Waals surface area contributed by atoms with Gasteiger partial charge in [0.25, 0.3) is 11.8 Å². The molecule has 6 heteroatoms. The van der Waals surface area contributed by atoms with Crippen molar-refractivity contribution in [2.45, 2.75) is 27.2 Å². The van der Waals surface area contributed by atoms with Crippen LogP contribution in [-0.2, 0) is 9.53 Å². The van der Waals surface area contributed by atoms with Gasteiger partial charge in [0.15, 0.2) is 6.61 Å². The van der Waals surface area contributed by atoms with Crippen LogP contribution in [0.4, 0.5) is 5.69 Å². The molecule has 2 rings (SSSR count). The summed E-state index contributed by atoms with van der Waals surface area (Å²) in [5, 5.41) is 5.59. The number of benzene rings is 2. The number of carbonyl (C=O) groups excluding carboxylic acids is 2. The number of hydrogen-bond donors (Lipinski definition) is 2. The molecule has 0 fully saturated rings. The summed E-state index contributed by atoms with van der Waals surface area (Å²) < 4.78 is 10.7. The van der Waals surface area contributed by atoms with Gasteiger partial charge in [-0.3, -0.25) is 9.59 Å². The van der Waals surface area contributed by atoms with Crippen LogP contribution in [0.25, 0.3) is 0 Å². The van der Waals surface area contributed by atoms with Gasteiger partial charge in [-0.2, -0.15) is 0 Å². The van der Waals surface area contributed by atoms with Crippen molar-refractivity contribution in [3.05, 3.63) is 58.7 Å². The standard InChI is InChI=1S/C22H28N2O4/c1-15-12-16(2)17(3)20(13-15)28-14-21(25)24-19-9-6-5-8-18(19)22(26)23-10-7-11-27-4/h5-6,8-9,12-13H,7,10-11,14H2,1-4H3,(H,23,26)(H,24,25). The molecule has 2 aromatic rings. The van der Waals surface area contributed by atoms with Gasteiger partial charge in [0.1, 0.15) is 5.75 Å². The summed E-state index contributed by atoms with van der Waals surface area (Å²) in [6, 6.07) is 10.9. The molecule has 0 aliphatic carbocycles. The molecule has 0 bridgehead atoms. The second kappa shape index (κ2) is 10.5. The molecule has 2 aromatic carbocycles. The third kappa shape index (κ3) is 6.09. The molecule has 0 saturated heterocycles. The molecule has 0 spiro atoms. The van der Waals surface area contributed by atoms with Gasteiger partial charge in [-0.05, 0) is 62.1 Å². The van der Waals surface area contributed by atoms with Crippen molar-refractivity contribution in [1.29, 1.82) is 0 Å². The average molecular weight is 384 g/mol. The molecular formula is C22H28N2O4. The normalized spacial score (nSPS) is 10.4. The Morgan fingerprint density at radius 2 is 1.82 bits per heavy atom. The molecule has 0 unspecified atom stereocenters. The van der Waals surface area contributed by atoms with Gasteiger partial charge in [-0.15, -0.1) is 0 Å². The monoisotopic (exact) mass is 384 g/mol. The second-order valence-electron chi connectivity index (χ2n) is 6.69. The fourth-order valence-electron chi connectivity index (χ4n) is 2.78. The molecule has 6 nitrogen and oxygen atoms in total. The van der Waals surface area contributed by atoms with Gasteiger partial charge < -0.3 is 20.1 Å². The predicted octanol–water partition coefficient (Wildman–Crippen LogP) is 3.40. The summed E-state index contributed by atoms with van der Waals surface area (Å²) in [7, 11) is 1.62. The van der Waals surface area contributed by atoms with E-state index < -0.39 is 0 Å². The number of ether oxygens (including phenoxy) is 2. The Kier molecular flexibility index (Phi) is 8.02. The Bertz CT molecular complexity index is 833. The summed E-state index contributed by atoms with van der Waals surface area (Å²) in [6.07, 6.45) is 0.722. The number of para-hydroxylation sites is 1. The van der Waals surface area contributed by atoms with E-state index in [1.807, 2.05) is 26.8 Å². The Hall–Kier alpha value is -2.86. The van der Waals surface area contributed by atoms with Crippen LogP contribution < -0.4 is 15.4 Å². The molecule has 0 aliphatic heterocycles. The Morgan fingerprint density at radius 3 is 2.57 bits per heavy atom. The molecule has 2 amide bonds. The zero-order chi connectivity index (χ0) is 20.5. The van der Waals surface area contributed by atoms with E-state index in [9.17, 15) is 9.59 Å². The van der Waals surface area contributed by atoms with E-state index >= 15 is 0 Å². The summed E-state index contributed by atoms with van der Waals surface area (Å²) in [5.41, 5.74) is 4.07. The minimum atomic E-state index is -0.321. The SMILES string of the molecule is COCCCNC(=O)c1ccccc1NC(=O)COc1cc(C)cc(C)c1C. The number of hydrogen-bond acceptors (Lipinski definition) is 4. The number of carbonyl (C=O) groups is 2. The van der Waals surface area contributed by atoms with Crippen LogP contribution in [0.1, 0.15) is 33.5 Å². The molecule has 2 N–H and O–H groups in total. The highest BCUT2D eigenvalue weighted by atomic mass is 16.5. The maximum atomic E-state index is 12.4. The van der Waals surface area contributed by atoms with Crippen LogP contribution in [0.3, 0.4) is 0 Å². The van der Waals surface area contributed by atoms with Crippen molar-refractivity contribution >= 4 is 17.5 Å². The van der Waals surface area contributed by atoms with Crippen molar-refractivity contribution in [3.63, 3.8) is 0 Å². The molecule has 0 heterocycles. The smallest absolute Gasteiger partial charge is 0.262 e. The molecular weight excluding hydrogens is 356 g/mol. The number of anilines is 1. The average Bonchev–Trinajstić information content (AvgIpc) is 2.67.